The minimum atomic E-state index is 1.15. The number of thiophene rings is 1. The second-order valence-corrected chi connectivity index (χ2v) is 3.97. The largest absolute Gasteiger partial charge is 0.353 e. The third kappa shape index (κ3) is 1.08. The van der Waals surface area contributed by atoms with Crippen LogP contribution in [0.2, 0.25) is 0 Å². The molecule has 2 heterocycles. The quantitative estimate of drug-likeness (QED) is 0.613. The molecular formula is C12H8NS. The van der Waals surface area contributed by atoms with Gasteiger partial charge in [-0.3, -0.25) is 0 Å². The Kier molecular flexibility index (Phi) is 1.67. The van der Waals surface area contributed by atoms with Crippen LogP contribution in [0, 0.1) is 6.20 Å². The Morgan fingerprint density at radius 1 is 1.21 bits per heavy atom. The summed E-state index contributed by atoms with van der Waals surface area (Å²) in [5, 5.41) is 5.51. The summed E-state index contributed by atoms with van der Waals surface area (Å²) < 4.78 is 0. The van der Waals surface area contributed by atoms with Crippen LogP contribution in [0.25, 0.3) is 22.0 Å². The fourth-order valence-corrected chi connectivity index (χ4v) is 2.34. The maximum absolute atomic E-state index is 3.10. The molecule has 0 saturated heterocycles. The average Bonchev–Trinajstić information content (AvgIpc) is 2.88. The van der Waals surface area contributed by atoms with E-state index in [9.17, 15) is 0 Å². The Labute approximate surface area is 86.0 Å². The van der Waals surface area contributed by atoms with Gasteiger partial charge in [-0.15, -0.1) is 0 Å². The number of nitrogens with one attached hydrogen (secondary N) is 1. The molecule has 0 aliphatic heterocycles. The van der Waals surface area contributed by atoms with Crippen molar-refractivity contribution >= 4 is 22.2 Å². The number of aromatic nitrogens is 1. The van der Waals surface area contributed by atoms with Crippen LogP contribution in [0.3, 0.4) is 0 Å². The Balaban J connectivity index is 2.36. The van der Waals surface area contributed by atoms with Gasteiger partial charge in [0.2, 0.25) is 0 Å². The van der Waals surface area contributed by atoms with Crippen molar-refractivity contribution in [1.82, 2.24) is 4.98 Å². The van der Waals surface area contributed by atoms with E-state index in [2.05, 4.69) is 46.2 Å². The molecule has 1 nitrogen and oxygen atoms in total. The smallest absolute Gasteiger partial charge is 0.0630 e. The fraction of sp³-hybridized carbons (Fsp3) is 0. The molecule has 2 aromatic heterocycles. The molecule has 1 radical (unpaired) electrons. The molecular weight excluding hydrogens is 190 g/mol. The highest BCUT2D eigenvalue weighted by Crippen LogP contribution is 2.29. The van der Waals surface area contributed by atoms with Crippen LogP contribution in [0.5, 0.6) is 0 Å². The summed E-state index contributed by atoms with van der Waals surface area (Å²) in [6, 6.07) is 10.4. The standard InChI is InChI=1S/C12H8NS/c1-2-10(9-5-7-14-8-9)11-4-6-13-12(11)3-1/h1-5,7-8,13H. The van der Waals surface area contributed by atoms with Gasteiger partial charge >= 0.3 is 0 Å². The van der Waals surface area contributed by atoms with E-state index in [4.69, 9.17) is 0 Å². The number of hydrogen-bond acceptors (Lipinski definition) is 1. The lowest BCUT2D eigenvalue weighted by Crippen LogP contribution is -1.74. The number of hydrogen-bond donors (Lipinski definition) is 1. The minimum absolute atomic E-state index is 1.15. The predicted molar refractivity (Wildman–Crippen MR) is 60.4 cm³/mol. The number of H-pyrrole nitrogens is 1. The summed E-state index contributed by atoms with van der Waals surface area (Å²) in [7, 11) is 0. The van der Waals surface area contributed by atoms with Crippen LogP contribution in [0.4, 0.5) is 0 Å². The van der Waals surface area contributed by atoms with Gasteiger partial charge in [0.25, 0.3) is 0 Å². The summed E-state index contributed by atoms with van der Waals surface area (Å²) >= 11 is 1.73. The molecule has 0 amide bonds. The van der Waals surface area contributed by atoms with E-state index >= 15 is 0 Å². The Morgan fingerprint density at radius 2 is 2.21 bits per heavy atom. The zero-order valence-corrected chi connectivity index (χ0v) is 8.27. The predicted octanol–water partition coefficient (Wildman–Crippen LogP) is 3.70. The second kappa shape index (κ2) is 3.00. The highest BCUT2D eigenvalue weighted by Gasteiger charge is 2.03. The molecule has 1 N–H and O–H groups in total. The van der Waals surface area contributed by atoms with E-state index < -0.39 is 0 Å². The zero-order valence-electron chi connectivity index (χ0n) is 7.45. The molecule has 0 bridgehead atoms. The van der Waals surface area contributed by atoms with Gasteiger partial charge in [0, 0.05) is 10.9 Å². The molecule has 3 aromatic rings. The summed E-state index contributed by atoms with van der Waals surface area (Å²) in [6.07, 6.45) is 3.02. The highest BCUT2D eigenvalue weighted by atomic mass is 32.1. The van der Waals surface area contributed by atoms with E-state index in [1.807, 2.05) is 6.07 Å². The first-order valence-electron chi connectivity index (χ1n) is 4.45. The average molecular weight is 198 g/mol. The molecule has 0 aliphatic carbocycles. The molecule has 0 unspecified atom stereocenters. The molecule has 0 fully saturated rings. The maximum atomic E-state index is 3.10. The summed E-state index contributed by atoms with van der Waals surface area (Å²) in [5.41, 5.74) is 3.71. The molecule has 0 aliphatic rings. The Morgan fingerprint density at radius 3 is 3.07 bits per heavy atom. The van der Waals surface area contributed by atoms with Crippen molar-refractivity contribution < 1.29 is 0 Å². The van der Waals surface area contributed by atoms with Crippen LogP contribution >= 0.6 is 11.3 Å². The van der Waals surface area contributed by atoms with Crippen LogP contribution in [-0.4, -0.2) is 4.98 Å². The molecule has 3 rings (SSSR count). The number of fused-ring (bicyclic) bond motifs is 1. The Bertz CT molecular complexity index is 548. The zero-order chi connectivity index (χ0) is 9.38. The van der Waals surface area contributed by atoms with E-state index in [-0.39, 0.29) is 0 Å². The molecule has 0 atom stereocenters. The van der Waals surface area contributed by atoms with Gasteiger partial charge < -0.3 is 4.98 Å². The highest BCUT2D eigenvalue weighted by molar-refractivity contribution is 7.08. The molecule has 14 heavy (non-hydrogen) atoms. The van der Waals surface area contributed by atoms with Gasteiger partial charge in [0.05, 0.1) is 6.20 Å². The fourth-order valence-electron chi connectivity index (χ4n) is 1.69. The first kappa shape index (κ1) is 7.83. The lowest BCUT2D eigenvalue weighted by atomic mass is 10.1. The SMILES string of the molecule is [c]1cc2c(-c3ccsc3)cccc2[nH]1. The van der Waals surface area contributed by atoms with Crippen LogP contribution in [-0.2, 0) is 0 Å². The summed E-state index contributed by atoms with van der Waals surface area (Å²) in [4.78, 5) is 3.10. The van der Waals surface area contributed by atoms with E-state index in [1.54, 1.807) is 11.3 Å². The number of rotatable bonds is 1. The lowest BCUT2D eigenvalue weighted by Gasteiger charge is -1.99. The number of aromatic amines is 1. The summed E-state index contributed by atoms with van der Waals surface area (Å²) in [5.74, 6) is 0. The van der Waals surface area contributed by atoms with Gasteiger partial charge in [-0.25, -0.2) is 0 Å². The van der Waals surface area contributed by atoms with Gasteiger partial charge in [0.1, 0.15) is 0 Å². The topological polar surface area (TPSA) is 15.8 Å². The van der Waals surface area contributed by atoms with Crippen molar-refractivity contribution in [2.75, 3.05) is 0 Å². The van der Waals surface area contributed by atoms with Crippen molar-refractivity contribution in [2.24, 2.45) is 0 Å². The van der Waals surface area contributed by atoms with Crippen molar-refractivity contribution in [2.45, 2.75) is 0 Å². The van der Waals surface area contributed by atoms with Crippen molar-refractivity contribution in [3.8, 4) is 11.1 Å². The minimum Gasteiger partial charge on any atom is -0.353 e. The van der Waals surface area contributed by atoms with E-state index in [0.717, 1.165) is 5.52 Å². The third-order valence-electron chi connectivity index (χ3n) is 2.36. The number of benzene rings is 1. The van der Waals surface area contributed by atoms with Crippen LogP contribution in [0.1, 0.15) is 0 Å². The van der Waals surface area contributed by atoms with Gasteiger partial charge in [-0.05, 0) is 40.1 Å². The van der Waals surface area contributed by atoms with Crippen molar-refractivity contribution in [1.29, 1.82) is 0 Å². The molecule has 0 saturated carbocycles. The maximum Gasteiger partial charge on any atom is 0.0630 e. The lowest BCUT2D eigenvalue weighted by molar-refractivity contribution is 1.46. The molecule has 67 valence electrons. The molecule has 0 spiro atoms. The molecule has 1 aromatic carbocycles. The van der Waals surface area contributed by atoms with Crippen LogP contribution < -0.4 is 0 Å². The van der Waals surface area contributed by atoms with Crippen molar-refractivity contribution in [3.05, 3.63) is 47.3 Å². The third-order valence-corrected chi connectivity index (χ3v) is 3.04. The van der Waals surface area contributed by atoms with Crippen molar-refractivity contribution in [3.63, 3.8) is 0 Å². The Hall–Kier alpha value is -1.54. The first-order chi connectivity index (χ1) is 6.95. The van der Waals surface area contributed by atoms with Gasteiger partial charge in [-0.2, -0.15) is 11.3 Å². The monoisotopic (exact) mass is 198 g/mol. The first-order valence-corrected chi connectivity index (χ1v) is 5.40. The molecule has 2 heteroatoms. The van der Waals surface area contributed by atoms with Gasteiger partial charge in [0.15, 0.2) is 0 Å². The van der Waals surface area contributed by atoms with E-state index in [1.165, 1.54) is 16.5 Å². The van der Waals surface area contributed by atoms with Gasteiger partial charge in [-0.1, -0.05) is 12.1 Å². The van der Waals surface area contributed by atoms with E-state index in [0.29, 0.717) is 0 Å². The van der Waals surface area contributed by atoms with Crippen LogP contribution in [0.15, 0.2) is 41.1 Å². The second-order valence-electron chi connectivity index (χ2n) is 3.19. The normalized spacial score (nSPS) is 10.9. The summed E-state index contributed by atoms with van der Waals surface area (Å²) in [6.45, 7) is 0.